The van der Waals surface area contributed by atoms with E-state index in [0.717, 1.165) is 24.4 Å². The van der Waals surface area contributed by atoms with Crippen LogP contribution in [0.25, 0.3) is 0 Å². The van der Waals surface area contributed by atoms with Crippen molar-refractivity contribution in [3.63, 3.8) is 0 Å². The van der Waals surface area contributed by atoms with Gasteiger partial charge in [-0.25, -0.2) is 4.98 Å². The number of hydrogen-bond donors (Lipinski definition) is 1. The first kappa shape index (κ1) is 17.4. The van der Waals surface area contributed by atoms with Gasteiger partial charge in [-0.1, -0.05) is 20.3 Å². The number of aromatic nitrogens is 1. The fourth-order valence-electron chi connectivity index (χ4n) is 1.52. The summed E-state index contributed by atoms with van der Waals surface area (Å²) < 4.78 is 0. The van der Waals surface area contributed by atoms with Crippen molar-refractivity contribution in [2.75, 3.05) is 20.1 Å². The van der Waals surface area contributed by atoms with Crippen LogP contribution >= 0.6 is 23.7 Å². The number of amides is 1. The fraction of sp³-hybridized carbons (Fsp3) is 0.667. The Morgan fingerprint density at radius 3 is 2.83 bits per heavy atom. The molecule has 4 nitrogen and oxygen atoms in total. The largest absolute Gasteiger partial charge is 0.340 e. The van der Waals surface area contributed by atoms with Crippen molar-refractivity contribution in [3.8, 4) is 0 Å². The molecule has 2 N–H and O–H groups in total. The van der Waals surface area contributed by atoms with Crippen molar-refractivity contribution in [1.82, 2.24) is 9.88 Å². The normalized spacial score (nSPS) is 11.8. The predicted octanol–water partition coefficient (Wildman–Crippen LogP) is 2.18. The highest BCUT2D eigenvalue weighted by molar-refractivity contribution is 7.09. The lowest BCUT2D eigenvalue weighted by Gasteiger charge is -2.19. The lowest BCUT2D eigenvalue weighted by Crippen LogP contribution is -2.31. The molecule has 6 heteroatoms. The fourth-order valence-corrected chi connectivity index (χ4v) is 2.31. The first-order valence-corrected chi connectivity index (χ1v) is 6.86. The number of hydrogen-bond acceptors (Lipinski definition) is 4. The molecule has 1 aromatic heterocycles. The van der Waals surface area contributed by atoms with Crippen molar-refractivity contribution >= 4 is 29.7 Å². The van der Waals surface area contributed by atoms with Gasteiger partial charge in [-0.15, -0.1) is 23.7 Å². The van der Waals surface area contributed by atoms with E-state index >= 15 is 0 Å². The van der Waals surface area contributed by atoms with Crippen molar-refractivity contribution in [2.24, 2.45) is 11.7 Å². The van der Waals surface area contributed by atoms with Gasteiger partial charge in [0.25, 0.3) is 5.91 Å². The zero-order chi connectivity index (χ0) is 12.8. The summed E-state index contributed by atoms with van der Waals surface area (Å²) in [5, 5.41) is 2.76. The van der Waals surface area contributed by atoms with E-state index in [2.05, 4.69) is 18.8 Å². The highest BCUT2D eigenvalue weighted by Gasteiger charge is 2.16. The Morgan fingerprint density at radius 1 is 1.61 bits per heavy atom. The molecule has 1 unspecified atom stereocenters. The van der Waals surface area contributed by atoms with E-state index in [1.165, 1.54) is 11.3 Å². The standard InChI is InChI=1S/C12H21N3OS.ClH/c1-4-9(2)7-15(3)12(16)10-8-17-11(14-10)5-6-13;/h8-9H,4-7,13H2,1-3H3;1H. The maximum atomic E-state index is 12.1. The van der Waals surface area contributed by atoms with E-state index in [0.29, 0.717) is 18.2 Å². The minimum atomic E-state index is 0. The third-order valence-corrected chi connectivity index (χ3v) is 3.67. The van der Waals surface area contributed by atoms with Gasteiger partial charge in [0.1, 0.15) is 5.69 Å². The van der Waals surface area contributed by atoms with E-state index in [1.54, 1.807) is 4.90 Å². The number of rotatable bonds is 6. The lowest BCUT2D eigenvalue weighted by atomic mass is 10.1. The Bertz CT molecular complexity index is 370. The molecule has 0 bridgehead atoms. The number of nitrogens with two attached hydrogens (primary N) is 1. The molecule has 0 spiro atoms. The molecule has 1 heterocycles. The Labute approximate surface area is 119 Å². The van der Waals surface area contributed by atoms with E-state index in [4.69, 9.17) is 5.73 Å². The van der Waals surface area contributed by atoms with Crippen molar-refractivity contribution < 1.29 is 4.79 Å². The average Bonchev–Trinajstić information content (AvgIpc) is 2.76. The Morgan fingerprint density at radius 2 is 2.28 bits per heavy atom. The summed E-state index contributed by atoms with van der Waals surface area (Å²) in [4.78, 5) is 18.1. The molecule has 1 rings (SSSR count). The molecule has 0 saturated carbocycles. The van der Waals surface area contributed by atoms with Crippen LogP contribution in [0.4, 0.5) is 0 Å². The smallest absolute Gasteiger partial charge is 0.273 e. The Hall–Kier alpha value is -0.650. The first-order chi connectivity index (χ1) is 8.08. The number of carbonyl (C=O) groups is 1. The summed E-state index contributed by atoms with van der Waals surface area (Å²) in [6, 6.07) is 0. The van der Waals surface area contributed by atoms with Crippen LogP contribution in [-0.2, 0) is 6.42 Å². The summed E-state index contributed by atoms with van der Waals surface area (Å²) in [6.45, 7) is 5.62. The third kappa shape index (κ3) is 4.92. The summed E-state index contributed by atoms with van der Waals surface area (Å²) in [7, 11) is 1.83. The molecule has 0 aliphatic heterocycles. The number of halogens is 1. The molecule has 0 radical (unpaired) electrons. The van der Waals surface area contributed by atoms with Gasteiger partial charge in [0.15, 0.2) is 0 Å². The molecule has 0 aromatic carbocycles. The maximum Gasteiger partial charge on any atom is 0.273 e. The van der Waals surface area contributed by atoms with Crippen molar-refractivity contribution in [2.45, 2.75) is 26.7 Å². The van der Waals surface area contributed by atoms with Gasteiger partial charge >= 0.3 is 0 Å². The number of nitrogens with zero attached hydrogens (tertiary/aromatic N) is 2. The second-order valence-corrected chi connectivity index (χ2v) is 5.31. The lowest BCUT2D eigenvalue weighted by molar-refractivity contribution is 0.0769. The molecule has 104 valence electrons. The maximum absolute atomic E-state index is 12.1. The van der Waals surface area contributed by atoms with Crippen molar-refractivity contribution in [1.29, 1.82) is 0 Å². The molecule has 18 heavy (non-hydrogen) atoms. The minimum Gasteiger partial charge on any atom is -0.340 e. The molecule has 0 aliphatic carbocycles. The molecule has 1 aromatic rings. The second kappa shape index (κ2) is 8.45. The predicted molar refractivity (Wildman–Crippen MR) is 78.5 cm³/mol. The average molecular weight is 292 g/mol. The van der Waals surface area contributed by atoms with Gasteiger partial charge in [0.2, 0.25) is 0 Å². The molecule has 0 fully saturated rings. The zero-order valence-electron chi connectivity index (χ0n) is 11.2. The van der Waals surface area contributed by atoms with Crippen LogP contribution in [0, 0.1) is 5.92 Å². The van der Waals surface area contributed by atoms with Crippen LogP contribution in [0.1, 0.15) is 35.8 Å². The summed E-state index contributed by atoms with van der Waals surface area (Å²) >= 11 is 1.51. The second-order valence-electron chi connectivity index (χ2n) is 4.36. The van der Waals surface area contributed by atoms with Gasteiger partial charge in [-0.2, -0.15) is 0 Å². The molecule has 1 atom stereocenters. The van der Waals surface area contributed by atoms with Crippen LogP contribution in [-0.4, -0.2) is 35.9 Å². The molecular formula is C12H22ClN3OS. The van der Waals surface area contributed by atoms with Gasteiger partial charge in [0, 0.05) is 25.4 Å². The SMILES string of the molecule is CCC(C)CN(C)C(=O)c1csc(CCN)n1.Cl. The molecule has 0 saturated heterocycles. The Balaban J connectivity index is 0.00000289. The molecular weight excluding hydrogens is 270 g/mol. The van der Waals surface area contributed by atoms with Crippen LogP contribution in [0.15, 0.2) is 5.38 Å². The Kier molecular flexibility index (Phi) is 8.15. The topological polar surface area (TPSA) is 59.2 Å². The monoisotopic (exact) mass is 291 g/mol. The van der Waals surface area contributed by atoms with Crippen LogP contribution in [0.5, 0.6) is 0 Å². The summed E-state index contributed by atoms with van der Waals surface area (Å²) in [5.41, 5.74) is 6.01. The van der Waals surface area contributed by atoms with Crippen LogP contribution in [0.2, 0.25) is 0 Å². The summed E-state index contributed by atoms with van der Waals surface area (Å²) in [6.07, 6.45) is 1.82. The van der Waals surface area contributed by atoms with Gasteiger partial charge in [-0.3, -0.25) is 4.79 Å². The van der Waals surface area contributed by atoms with E-state index in [-0.39, 0.29) is 18.3 Å². The van der Waals surface area contributed by atoms with E-state index in [9.17, 15) is 4.79 Å². The van der Waals surface area contributed by atoms with E-state index < -0.39 is 0 Å². The highest BCUT2D eigenvalue weighted by atomic mass is 35.5. The number of thiazole rings is 1. The van der Waals surface area contributed by atoms with Crippen LogP contribution < -0.4 is 5.73 Å². The third-order valence-electron chi connectivity index (χ3n) is 2.76. The van der Waals surface area contributed by atoms with Crippen molar-refractivity contribution in [3.05, 3.63) is 16.1 Å². The molecule has 0 aliphatic rings. The van der Waals surface area contributed by atoms with Gasteiger partial charge < -0.3 is 10.6 Å². The zero-order valence-corrected chi connectivity index (χ0v) is 12.8. The van der Waals surface area contributed by atoms with Crippen LogP contribution in [0.3, 0.4) is 0 Å². The number of carbonyl (C=O) groups excluding carboxylic acids is 1. The molecule has 1 amide bonds. The van der Waals surface area contributed by atoms with Gasteiger partial charge in [-0.05, 0) is 12.5 Å². The highest BCUT2D eigenvalue weighted by Crippen LogP contribution is 2.13. The first-order valence-electron chi connectivity index (χ1n) is 5.98. The van der Waals surface area contributed by atoms with E-state index in [1.807, 2.05) is 12.4 Å². The summed E-state index contributed by atoms with van der Waals surface area (Å²) in [5.74, 6) is 0.524. The van der Waals surface area contributed by atoms with Gasteiger partial charge in [0.05, 0.1) is 5.01 Å². The minimum absolute atomic E-state index is 0. The quantitative estimate of drug-likeness (QED) is 0.874.